The molecule has 0 radical (unpaired) electrons. The number of carbonyl (C=O) groups is 1. The predicted octanol–water partition coefficient (Wildman–Crippen LogP) is 2.56. The van der Waals surface area contributed by atoms with E-state index in [0.717, 1.165) is 12.8 Å². The normalized spacial score (nSPS) is 14.3. The van der Waals surface area contributed by atoms with E-state index in [0.29, 0.717) is 18.2 Å². The van der Waals surface area contributed by atoms with Gasteiger partial charge in [0.2, 0.25) is 5.82 Å². The summed E-state index contributed by atoms with van der Waals surface area (Å²) >= 11 is 3.05. The summed E-state index contributed by atoms with van der Waals surface area (Å²) in [6.07, 6.45) is 2.21. The lowest BCUT2D eigenvalue weighted by Crippen LogP contribution is -2.31. The first-order valence-electron chi connectivity index (χ1n) is 7.38. The number of benzene rings is 1. The molecule has 1 fully saturated rings. The number of hydrogen-bond acceptors (Lipinski definition) is 6. The lowest BCUT2D eigenvalue weighted by atomic mass is 10.3. The number of hydrogen-bond donors (Lipinski definition) is 4. The monoisotopic (exact) mass is 412 g/mol. The molecule has 0 spiro atoms. The van der Waals surface area contributed by atoms with Crippen molar-refractivity contribution >= 4 is 39.3 Å². The number of hydroxylamine groups is 1. The smallest absolute Gasteiger partial charge is 0.320 e. The van der Waals surface area contributed by atoms with Gasteiger partial charge in [0.1, 0.15) is 5.82 Å². The van der Waals surface area contributed by atoms with Gasteiger partial charge >= 0.3 is 6.03 Å². The Morgan fingerprint density at radius 1 is 1.44 bits per heavy atom. The molecule has 25 heavy (non-hydrogen) atoms. The number of urea groups is 1. The van der Waals surface area contributed by atoms with Gasteiger partial charge in [0.15, 0.2) is 11.5 Å². The second kappa shape index (κ2) is 7.57. The highest BCUT2D eigenvalue weighted by Crippen LogP contribution is 2.27. The Labute approximate surface area is 149 Å². The first-order valence-corrected chi connectivity index (χ1v) is 8.17. The van der Waals surface area contributed by atoms with Crippen LogP contribution in [0.3, 0.4) is 0 Å². The van der Waals surface area contributed by atoms with Crippen molar-refractivity contribution in [1.82, 2.24) is 21.1 Å². The lowest BCUT2D eigenvalue weighted by Gasteiger charge is -2.06. The quantitative estimate of drug-likeness (QED) is 0.339. The number of aliphatic imine (C=N–C) groups is 1. The highest BCUT2D eigenvalue weighted by molar-refractivity contribution is 9.10. The summed E-state index contributed by atoms with van der Waals surface area (Å²) in [4.78, 5) is 15.9. The minimum atomic E-state index is -0.467. The maximum atomic E-state index is 13.3. The summed E-state index contributed by atoms with van der Waals surface area (Å²) in [5, 5.41) is 21.7. The summed E-state index contributed by atoms with van der Waals surface area (Å²) in [5.74, 6) is -0.0731. The van der Waals surface area contributed by atoms with E-state index in [9.17, 15) is 14.4 Å². The van der Waals surface area contributed by atoms with Crippen LogP contribution in [0.15, 0.2) is 32.3 Å². The van der Waals surface area contributed by atoms with Gasteiger partial charge in [-0.05, 0) is 63.2 Å². The van der Waals surface area contributed by atoms with Gasteiger partial charge in [0.05, 0.1) is 10.2 Å². The molecule has 1 aliphatic carbocycles. The molecule has 3 rings (SSSR count). The number of carbonyl (C=O) groups excluding carboxylic acids is 1. The molecule has 132 valence electrons. The van der Waals surface area contributed by atoms with Crippen LogP contribution in [0.1, 0.15) is 18.5 Å². The van der Waals surface area contributed by atoms with Crippen LogP contribution in [0.2, 0.25) is 0 Å². The van der Waals surface area contributed by atoms with E-state index < -0.39 is 11.8 Å². The molecule has 1 aliphatic rings. The number of amidine groups is 1. The SMILES string of the molecule is O=C(NCC1CC1)Nc1nonc1C(=Nc1ccc(F)c(Br)c1)NO. The summed E-state index contributed by atoms with van der Waals surface area (Å²) < 4.78 is 18.1. The third-order valence-electron chi connectivity index (χ3n) is 3.44. The van der Waals surface area contributed by atoms with Crippen molar-refractivity contribution in [3.8, 4) is 0 Å². The average Bonchev–Trinajstić information content (AvgIpc) is 3.32. The molecule has 4 N–H and O–H groups in total. The number of nitrogens with zero attached hydrogens (tertiary/aromatic N) is 3. The topological polar surface area (TPSA) is 125 Å². The van der Waals surface area contributed by atoms with E-state index in [1.165, 1.54) is 18.2 Å². The van der Waals surface area contributed by atoms with Gasteiger partial charge in [-0.3, -0.25) is 16.0 Å². The van der Waals surface area contributed by atoms with Gasteiger partial charge in [-0.25, -0.2) is 18.8 Å². The molecule has 1 aromatic carbocycles. The molecular weight excluding hydrogens is 399 g/mol. The maximum absolute atomic E-state index is 13.3. The van der Waals surface area contributed by atoms with Gasteiger partial charge in [0.25, 0.3) is 0 Å². The summed E-state index contributed by atoms with van der Waals surface area (Å²) in [6.45, 7) is 0.579. The molecule has 1 heterocycles. The average molecular weight is 413 g/mol. The molecule has 0 saturated heterocycles. The predicted molar refractivity (Wildman–Crippen MR) is 89.3 cm³/mol. The number of halogens is 2. The zero-order chi connectivity index (χ0) is 17.8. The molecule has 2 aromatic rings. The van der Waals surface area contributed by atoms with Crippen molar-refractivity contribution in [2.75, 3.05) is 11.9 Å². The summed E-state index contributed by atoms with van der Waals surface area (Å²) in [6, 6.07) is 3.56. The highest BCUT2D eigenvalue weighted by Gasteiger charge is 2.23. The lowest BCUT2D eigenvalue weighted by molar-refractivity contribution is 0.234. The van der Waals surface area contributed by atoms with Gasteiger partial charge < -0.3 is 5.32 Å². The van der Waals surface area contributed by atoms with Crippen molar-refractivity contribution in [2.45, 2.75) is 12.8 Å². The number of nitrogens with one attached hydrogen (secondary N) is 3. The Kier molecular flexibility index (Phi) is 5.24. The van der Waals surface area contributed by atoms with E-state index in [4.69, 9.17) is 0 Å². The molecular formula is C14H14BrFN6O3. The first kappa shape index (κ1) is 17.3. The zero-order valence-corrected chi connectivity index (χ0v) is 14.4. The number of rotatable bonds is 5. The molecule has 0 atom stereocenters. The van der Waals surface area contributed by atoms with Gasteiger partial charge in [-0.15, -0.1) is 0 Å². The van der Waals surface area contributed by atoms with E-state index >= 15 is 0 Å². The molecule has 0 unspecified atom stereocenters. The Morgan fingerprint density at radius 3 is 2.92 bits per heavy atom. The van der Waals surface area contributed by atoms with E-state index in [1.807, 2.05) is 5.48 Å². The molecule has 0 bridgehead atoms. The first-order chi connectivity index (χ1) is 12.1. The standard InChI is InChI=1S/C14H14BrFN6O3/c15-9-5-8(3-4-10(9)16)18-12(20-24)11-13(22-25-21-11)19-14(23)17-6-7-1-2-7/h3-5,7,24H,1-2,6H2,(H,18,20)(H2,17,19,22,23). The minimum Gasteiger partial charge on any atom is -0.338 e. The van der Waals surface area contributed by atoms with Crippen LogP contribution >= 0.6 is 15.9 Å². The van der Waals surface area contributed by atoms with Gasteiger partial charge in [0, 0.05) is 6.54 Å². The molecule has 1 aromatic heterocycles. The van der Waals surface area contributed by atoms with Crippen LogP contribution in [0.5, 0.6) is 0 Å². The molecule has 1 saturated carbocycles. The van der Waals surface area contributed by atoms with Crippen LogP contribution in [0.25, 0.3) is 0 Å². The van der Waals surface area contributed by atoms with Crippen molar-refractivity contribution < 1.29 is 19.0 Å². The second-order valence-electron chi connectivity index (χ2n) is 5.41. The van der Waals surface area contributed by atoms with Crippen molar-refractivity contribution in [3.63, 3.8) is 0 Å². The summed E-state index contributed by atoms with van der Waals surface area (Å²) in [5.41, 5.74) is 2.19. The third-order valence-corrected chi connectivity index (χ3v) is 4.05. The molecule has 11 heteroatoms. The van der Waals surface area contributed by atoms with Crippen molar-refractivity contribution in [2.24, 2.45) is 10.9 Å². The fourth-order valence-corrected chi connectivity index (χ4v) is 2.32. The van der Waals surface area contributed by atoms with Crippen LogP contribution in [-0.2, 0) is 0 Å². The maximum Gasteiger partial charge on any atom is 0.320 e. The fourth-order valence-electron chi connectivity index (χ4n) is 1.95. The van der Waals surface area contributed by atoms with E-state index in [2.05, 4.69) is 46.5 Å². The fraction of sp³-hybridized carbons (Fsp3) is 0.286. The largest absolute Gasteiger partial charge is 0.338 e. The van der Waals surface area contributed by atoms with Gasteiger partial charge in [-0.1, -0.05) is 0 Å². The number of aromatic nitrogens is 2. The molecule has 2 amide bonds. The summed E-state index contributed by atoms with van der Waals surface area (Å²) in [7, 11) is 0. The van der Waals surface area contributed by atoms with E-state index in [-0.39, 0.29) is 21.8 Å². The number of amides is 2. The zero-order valence-electron chi connectivity index (χ0n) is 12.8. The Hall–Kier alpha value is -2.53. The Balaban J connectivity index is 1.76. The second-order valence-corrected chi connectivity index (χ2v) is 6.26. The molecule has 9 nitrogen and oxygen atoms in total. The van der Waals surface area contributed by atoms with Gasteiger partial charge in [-0.2, -0.15) is 0 Å². The number of anilines is 1. The van der Waals surface area contributed by atoms with Crippen LogP contribution in [0, 0.1) is 11.7 Å². The Morgan fingerprint density at radius 2 is 2.24 bits per heavy atom. The molecule has 0 aliphatic heterocycles. The third kappa shape index (κ3) is 4.51. The highest BCUT2D eigenvalue weighted by atomic mass is 79.9. The van der Waals surface area contributed by atoms with Crippen LogP contribution < -0.4 is 16.1 Å². The Bertz CT molecular complexity index is 808. The van der Waals surface area contributed by atoms with E-state index in [1.54, 1.807) is 0 Å². The minimum absolute atomic E-state index is 0.00970. The van der Waals surface area contributed by atoms with Crippen molar-refractivity contribution in [3.05, 3.63) is 34.2 Å². The van der Waals surface area contributed by atoms with Crippen molar-refractivity contribution in [1.29, 1.82) is 0 Å². The van der Waals surface area contributed by atoms with Crippen LogP contribution in [-0.4, -0.2) is 33.9 Å². The van der Waals surface area contributed by atoms with Crippen LogP contribution in [0.4, 0.5) is 20.7 Å².